The first-order valence-corrected chi connectivity index (χ1v) is 14.9. The Kier molecular flexibility index (Phi) is 11.2. The third-order valence-electron chi connectivity index (χ3n) is 7.79. The minimum Gasteiger partial charge on any atom is -0.497 e. The number of alkyl halides is 3. The lowest BCUT2D eigenvalue weighted by atomic mass is 10.0. The molecule has 0 fully saturated rings. The van der Waals surface area contributed by atoms with E-state index in [1.807, 2.05) is 6.92 Å². The minimum atomic E-state index is -4.50. The smallest absolute Gasteiger partial charge is 0.416 e. The van der Waals surface area contributed by atoms with Crippen LogP contribution in [0.15, 0.2) is 66.7 Å². The molecule has 3 aromatic carbocycles. The molecular weight excluding hydrogens is 619 g/mol. The Labute approximate surface area is 270 Å². The Morgan fingerprint density at radius 1 is 1.02 bits per heavy atom. The van der Waals surface area contributed by atoms with E-state index in [0.717, 1.165) is 12.1 Å². The number of aliphatic hydroxyl groups is 1. The number of nitrogens with one attached hydrogen (secondary N) is 3. The van der Waals surface area contributed by atoms with Crippen LogP contribution in [0.1, 0.15) is 25.0 Å². The maximum Gasteiger partial charge on any atom is 0.416 e. The second-order valence-electron chi connectivity index (χ2n) is 11.4. The summed E-state index contributed by atoms with van der Waals surface area (Å²) in [7, 11) is 3.07. The molecule has 3 atom stereocenters. The first kappa shape index (κ1) is 34.9. The fraction of sp³-hybridized carbons (Fsp3) is 0.364. The first-order valence-electron chi connectivity index (χ1n) is 14.9. The number of amides is 5. The maximum atomic E-state index is 13.5. The number of anilines is 3. The molecular formula is C33H38F3N5O6. The molecule has 1 aliphatic rings. The summed E-state index contributed by atoms with van der Waals surface area (Å²) < 4.78 is 50.4. The monoisotopic (exact) mass is 657 g/mol. The molecule has 14 heteroatoms. The topological polar surface area (TPSA) is 132 Å². The largest absolute Gasteiger partial charge is 0.497 e. The number of carbonyl (C=O) groups excluding carboxylic acids is 3. The number of ether oxygens (including phenoxy) is 2. The molecule has 0 unspecified atom stereocenters. The number of methoxy groups -OCH3 is 1. The van der Waals surface area contributed by atoms with Gasteiger partial charge in [0.2, 0.25) is 5.91 Å². The van der Waals surface area contributed by atoms with E-state index in [1.165, 1.54) is 24.1 Å². The summed E-state index contributed by atoms with van der Waals surface area (Å²) in [5, 5.41) is 18.0. The van der Waals surface area contributed by atoms with Crippen LogP contribution < -0.4 is 25.4 Å². The highest BCUT2D eigenvalue weighted by molar-refractivity contribution is 6.00. The minimum absolute atomic E-state index is 0.0624. The van der Waals surface area contributed by atoms with E-state index >= 15 is 0 Å². The van der Waals surface area contributed by atoms with Crippen LogP contribution in [0.4, 0.5) is 39.8 Å². The second-order valence-corrected chi connectivity index (χ2v) is 11.4. The Balaban J connectivity index is 1.52. The van der Waals surface area contributed by atoms with Gasteiger partial charge in [0.05, 0.1) is 38.3 Å². The van der Waals surface area contributed by atoms with E-state index in [1.54, 1.807) is 61.4 Å². The second kappa shape index (κ2) is 15.1. The zero-order chi connectivity index (χ0) is 34.3. The van der Waals surface area contributed by atoms with Crippen molar-refractivity contribution in [3.8, 4) is 11.5 Å². The van der Waals surface area contributed by atoms with E-state index < -0.39 is 35.9 Å². The molecule has 4 rings (SSSR count). The molecule has 1 aliphatic heterocycles. The number of hydrogen-bond acceptors (Lipinski definition) is 6. The Morgan fingerprint density at radius 2 is 1.62 bits per heavy atom. The highest BCUT2D eigenvalue weighted by Crippen LogP contribution is 2.31. The zero-order valence-electron chi connectivity index (χ0n) is 26.4. The average molecular weight is 658 g/mol. The number of hydrogen-bond donors (Lipinski definition) is 4. The summed E-state index contributed by atoms with van der Waals surface area (Å²) in [5.74, 6) is 0.457. The lowest BCUT2D eigenvalue weighted by Gasteiger charge is -2.34. The molecule has 5 amide bonds. The van der Waals surface area contributed by atoms with Crippen LogP contribution in [0.2, 0.25) is 0 Å². The Bertz CT molecular complexity index is 1550. The normalized spacial score (nSPS) is 17.2. The molecule has 252 valence electrons. The van der Waals surface area contributed by atoms with Crippen molar-refractivity contribution in [2.24, 2.45) is 5.92 Å². The van der Waals surface area contributed by atoms with Crippen LogP contribution in [0.5, 0.6) is 11.5 Å². The van der Waals surface area contributed by atoms with Crippen molar-refractivity contribution in [3.05, 3.63) is 77.9 Å². The van der Waals surface area contributed by atoms with Crippen LogP contribution >= 0.6 is 0 Å². The molecule has 0 spiro atoms. The SMILES string of the molecule is COc1ccc(NC(=O)Nc2ccc3c(c2)CC(=O)N([C@@H](C)CO)C[C@@H](C)[C@@H](CN(C)C(=O)Nc2ccc(C(F)(F)F)cc2)O3)cc1. The van der Waals surface area contributed by atoms with Crippen LogP contribution in [-0.4, -0.2) is 78.9 Å². The van der Waals surface area contributed by atoms with Gasteiger partial charge >= 0.3 is 18.2 Å². The molecule has 11 nitrogen and oxygen atoms in total. The Morgan fingerprint density at radius 3 is 2.23 bits per heavy atom. The number of aliphatic hydroxyl groups excluding tert-OH is 1. The molecule has 0 saturated carbocycles. The van der Waals surface area contributed by atoms with E-state index in [4.69, 9.17) is 9.47 Å². The summed E-state index contributed by atoms with van der Waals surface area (Å²) >= 11 is 0. The van der Waals surface area contributed by atoms with Crippen molar-refractivity contribution in [2.45, 2.75) is 38.6 Å². The number of carbonyl (C=O) groups is 3. The number of benzene rings is 3. The maximum absolute atomic E-state index is 13.5. The van der Waals surface area contributed by atoms with E-state index in [0.29, 0.717) is 28.4 Å². The molecule has 0 aromatic heterocycles. The molecule has 1 heterocycles. The standard InChI is InChI=1S/C33H38F3N5O6/c1-20-17-41(21(2)19-42)30(43)16-22-15-26(38-31(44)37-24-9-12-27(46-4)13-10-24)11-14-28(22)47-29(20)18-40(3)32(45)39-25-7-5-23(6-8-25)33(34,35)36/h5-15,20-21,29,42H,16-19H2,1-4H3,(H,39,45)(H2,37,38,44)/t20-,21+,29-/m1/s1. The molecule has 0 radical (unpaired) electrons. The highest BCUT2D eigenvalue weighted by Gasteiger charge is 2.32. The predicted molar refractivity (Wildman–Crippen MR) is 171 cm³/mol. The molecule has 4 N–H and O–H groups in total. The molecule has 0 saturated heterocycles. The van der Waals surface area contributed by atoms with Crippen LogP contribution in [0, 0.1) is 5.92 Å². The van der Waals surface area contributed by atoms with Gasteiger partial charge in [0.1, 0.15) is 17.6 Å². The van der Waals surface area contributed by atoms with Gasteiger partial charge in [-0.3, -0.25) is 4.79 Å². The van der Waals surface area contributed by atoms with Gasteiger partial charge in [0, 0.05) is 42.1 Å². The van der Waals surface area contributed by atoms with Gasteiger partial charge in [0.15, 0.2) is 0 Å². The number of likely N-dealkylation sites (N-methyl/N-ethyl adjacent to an activating group) is 1. The van der Waals surface area contributed by atoms with E-state index in [9.17, 15) is 32.7 Å². The Hall–Kier alpha value is -4.98. The van der Waals surface area contributed by atoms with Crippen molar-refractivity contribution in [1.82, 2.24) is 9.80 Å². The predicted octanol–water partition coefficient (Wildman–Crippen LogP) is 5.67. The van der Waals surface area contributed by atoms with Crippen LogP contribution in [0.3, 0.4) is 0 Å². The summed E-state index contributed by atoms with van der Waals surface area (Å²) in [6.45, 7) is 3.61. The van der Waals surface area contributed by atoms with E-state index in [-0.39, 0.29) is 43.6 Å². The number of rotatable bonds is 8. The average Bonchev–Trinajstić information content (AvgIpc) is 3.08. The number of nitrogens with zero attached hydrogens (tertiary/aromatic N) is 2. The fourth-order valence-corrected chi connectivity index (χ4v) is 5.01. The molecule has 0 aliphatic carbocycles. The summed E-state index contributed by atoms with van der Waals surface area (Å²) in [5.41, 5.74) is 0.797. The third kappa shape index (κ3) is 9.28. The van der Waals surface area contributed by atoms with Gasteiger partial charge in [-0.2, -0.15) is 13.2 Å². The van der Waals surface area contributed by atoms with Crippen molar-refractivity contribution < 1.29 is 42.1 Å². The summed E-state index contributed by atoms with van der Waals surface area (Å²) in [4.78, 5) is 42.1. The zero-order valence-corrected chi connectivity index (χ0v) is 26.4. The van der Waals surface area contributed by atoms with Gasteiger partial charge < -0.3 is 40.3 Å². The van der Waals surface area contributed by atoms with Crippen molar-refractivity contribution in [2.75, 3.05) is 49.8 Å². The number of halogens is 3. The lowest BCUT2D eigenvalue weighted by molar-refractivity contribution is -0.137. The van der Waals surface area contributed by atoms with Gasteiger partial charge in [-0.25, -0.2) is 9.59 Å². The third-order valence-corrected chi connectivity index (χ3v) is 7.79. The highest BCUT2D eigenvalue weighted by atomic mass is 19.4. The van der Waals surface area contributed by atoms with Crippen molar-refractivity contribution >= 4 is 35.0 Å². The fourth-order valence-electron chi connectivity index (χ4n) is 5.01. The van der Waals surface area contributed by atoms with E-state index in [2.05, 4.69) is 16.0 Å². The van der Waals surface area contributed by atoms with Crippen LogP contribution in [0.25, 0.3) is 0 Å². The summed E-state index contributed by atoms with van der Waals surface area (Å²) in [6.07, 6.45) is -5.20. The lowest BCUT2D eigenvalue weighted by Crippen LogP contribution is -2.48. The van der Waals surface area contributed by atoms with Gasteiger partial charge in [-0.1, -0.05) is 6.92 Å². The number of fused-ring (bicyclic) bond motifs is 1. The number of urea groups is 2. The first-order chi connectivity index (χ1) is 22.3. The van der Waals surface area contributed by atoms with Crippen molar-refractivity contribution in [1.29, 1.82) is 0 Å². The molecule has 0 bridgehead atoms. The van der Waals surface area contributed by atoms with Crippen LogP contribution in [-0.2, 0) is 17.4 Å². The van der Waals surface area contributed by atoms with Gasteiger partial charge in [0.25, 0.3) is 0 Å². The molecule has 47 heavy (non-hydrogen) atoms. The molecule has 3 aromatic rings. The quantitative estimate of drug-likeness (QED) is 0.247. The van der Waals surface area contributed by atoms with Gasteiger partial charge in [-0.15, -0.1) is 0 Å². The van der Waals surface area contributed by atoms with Gasteiger partial charge in [-0.05, 0) is 73.7 Å². The van der Waals surface area contributed by atoms with Crippen molar-refractivity contribution in [3.63, 3.8) is 0 Å². The summed E-state index contributed by atoms with van der Waals surface area (Å²) in [6, 6.07) is 14.2.